The lowest BCUT2D eigenvalue weighted by atomic mass is 10.0. The zero-order valence-corrected chi connectivity index (χ0v) is 15.0. The molecule has 0 amide bonds. The van der Waals surface area contributed by atoms with Gasteiger partial charge in [0.2, 0.25) is 0 Å². The van der Waals surface area contributed by atoms with Gasteiger partial charge in [0.15, 0.2) is 9.45 Å². The predicted octanol–water partition coefficient (Wildman–Crippen LogP) is 5.52. The Kier molecular flexibility index (Phi) is 3.90. The third-order valence-electron chi connectivity index (χ3n) is 3.90. The van der Waals surface area contributed by atoms with Gasteiger partial charge in [-0.05, 0) is 54.9 Å². The lowest BCUT2D eigenvalue weighted by Gasteiger charge is -2.01. The second kappa shape index (κ2) is 6.07. The second-order valence-electron chi connectivity index (χ2n) is 5.81. The fourth-order valence-corrected chi connectivity index (χ4v) is 4.92. The predicted molar refractivity (Wildman–Crippen MR) is 99.9 cm³/mol. The van der Waals surface area contributed by atoms with Crippen molar-refractivity contribution in [1.29, 1.82) is 0 Å². The quantitative estimate of drug-likeness (QED) is 0.455. The van der Waals surface area contributed by atoms with E-state index in [2.05, 4.69) is 18.0 Å². The van der Waals surface area contributed by atoms with Crippen LogP contribution in [0.5, 0.6) is 0 Å². The van der Waals surface area contributed by atoms with Crippen molar-refractivity contribution in [3.8, 4) is 0 Å². The standard InChI is InChI=1S/C19H15NO2S2/c1-11-7-12(2)18-13(10-22-15(18)8-11)9-17(21)24-19-20-14-5-3-4-6-16(14)23-19/h3-8,10H,9H2,1-2H3. The summed E-state index contributed by atoms with van der Waals surface area (Å²) >= 11 is 2.77. The average molecular weight is 353 g/mol. The van der Waals surface area contributed by atoms with Gasteiger partial charge in [0.25, 0.3) is 0 Å². The fourth-order valence-electron chi connectivity index (χ4n) is 2.94. The number of aryl methyl sites for hydroxylation is 2. The lowest BCUT2D eigenvalue weighted by molar-refractivity contribution is -0.110. The van der Waals surface area contributed by atoms with Gasteiger partial charge in [0.05, 0.1) is 16.5 Å². The summed E-state index contributed by atoms with van der Waals surface area (Å²) in [5, 5.41) is 1.13. The van der Waals surface area contributed by atoms with E-state index in [1.807, 2.05) is 37.3 Å². The van der Waals surface area contributed by atoms with Crippen LogP contribution in [0.2, 0.25) is 0 Å². The molecule has 2 aromatic carbocycles. The molecule has 24 heavy (non-hydrogen) atoms. The van der Waals surface area contributed by atoms with Crippen LogP contribution in [0.15, 0.2) is 51.4 Å². The first-order chi connectivity index (χ1) is 11.6. The maximum atomic E-state index is 12.5. The van der Waals surface area contributed by atoms with Gasteiger partial charge >= 0.3 is 0 Å². The van der Waals surface area contributed by atoms with Crippen LogP contribution in [0, 0.1) is 13.8 Å². The van der Waals surface area contributed by atoms with Crippen LogP contribution in [0.25, 0.3) is 21.2 Å². The van der Waals surface area contributed by atoms with E-state index in [0.29, 0.717) is 6.42 Å². The van der Waals surface area contributed by atoms with E-state index < -0.39 is 0 Å². The molecule has 0 unspecified atom stereocenters. The molecule has 0 atom stereocenters. The molecular weight excluding hydrogens is 338 g/mol. The van der Waals surface area contributed by atoms with Gasteiger partial charge in [-0.2, -0.15) is 0 Å². The van der Waals surface area contributed by atoms with Crippen LogP contribution in [-0.4, -0.2) is 10.1 Å². The van der Waals surface area contributed by atoms with E-state index in [1.54, 1.807) is 17.6 Å². The SMILES string of the molecule is Cc1cc(C)c2c(CC(=O)Sc3nc4ccccc4s3)coc2c1. The highest BCUT2D eigenvalue weighted by atomic mass is 32.2. The Labute approximate surface area is 147 Å². The van der Waals surface area contributed by atoms with Crippen molar-refractivity contribution in [2.75, 3.05) is 0 Å². The van der Waals surface area contributed by atoms with Gasteiger partial charge in [-0.1, -0.05) is 18.2 Å². The summed E-state index contributed by atoms with van der Waals surface area (Å²) in [7, 11) is 0. The van der Waals surface area contributed by atoms with Crippen LogP contribution in [-0.2, 0) is 11.2 Å². The monoisotopic (exact) mass is 353 g/mol. The number of hydrogen-bond donors (Lipinski definition) is 0. The van der Waals surface area contributed by atoms with E-state index in [1.165, 1.54) is 11.8 Å². The van der Waals surface area contributed by atoms with Crippen molar-refractivity contribution in [3.63, 3.8) is 0 Å². The van der Waals surface area contributed by atoms with Crippen molar-refractivity contribution in [3.05, 3.63) is 59.4 Å². The molecule has 0 N–H and O–H groups in total. The van der Waals surface area contributed by atoms with Crippen molar-refractivity contribution in [1.82, 2.24) is 4.98 Å². The topological polar surface area (TPSA) is 43.1 Å². The molecule has 0 saturated carbocycles. The molecule has 120 valence electrons. The second-order valence-corrected chi connectivity index (χ2v) is 8.15. The van der Waals surface area contributed by atoms with E-state index in [0.717, 1.165) is 42.2 Å². The molecule has 2 aromatic heterocycles. The van der Waals surface area contributed by atoms with Gasteiger partial charge in [-0.3, -0.25) is 4.79 Å². The Bertz CT molecular complexity index is 1030. The lowest BCUT2D eigenvalue weighted by Crippen LogP contribution is -1.97. The van der Waals surface area contributed by atoms with Crippen molar-refractivity contribution >= 4 is 49.4 Å². The summed E-state index contributed by atoms with van der Waals surface area (Å²) in [6.07, 6.45) is 2.05. The van der Waals surface area contributed by atoms with Crippen LogP contribution < -0.4 is 0 Å². The van der Waals surface area contributed by atoms with Gasteiger partial charge in [0, 0.05) is 17.4 Å². The van der Waals surface area contributed by atoms with Crippen molar-refractivity contribution in [2.45, 2.75) is 24.6 Å². The Morgan fingerprint density at radius 1 is 1.25 bits per heavy atom. The zero-order valence-electron chi connectivity index (χ0n) is 13.3. The molecule has 0 aliphatic heterocycles. The first-order valence-corrected chi connectivity index (χ1v) is 9.27. The largest absolute Gasteiger partial charge is 0.464 e. The van der Waals surface area contributed by atoms with Crippen LogP contribution in [0.1, 0.15) is 16.7 Å². The Morgan fingerprint density at radius 2 is 2.08 bits per heavy atom. The number of furan rings is 1. The highest BCUT2D eigenvalue weighted by Gasteiger charge is 2.15. The number of rotatable bonds is 3. The average Bonchev–Trinajstić information content (AvgIpc) is 3.10. The molecule has 4 rings (SSSR count). The van der Waals surface area contributed by atoms with Crippen molar-refractivity contribution in [2.24, 2.45) is 0 Å². The third-order valence-corrected chi connectivity index (χ3v) is 5.87. The Hall–Kier alpha value is -2.11. The maximum Gasteiger partial charge on any atom is 0.200 e. The maximum absolute atomic E-state index is 12.5. The molecule has 0 fully saturated rings. The number of aromatic nitrogens is 1. The van der Waals surface area contributed by atoms with Gasteiger partial charge in [-0.25, -0.2) is 4.98 Å². The van der Waals surface area contributed by atoms with Gasteiger partial charge in [-0.15, -0.1) is 11.3 Å². The molecule has 4 aromatic rings. The molecule has 0 spiro atoms. The minimum Gasteiger partial charge on any atom is -0.464 e. The van der Waals surface area contributed by atoms with Gasteiger partial charge < -0.3 is 4.42 Å². The Morgan fingerprint density at radius 3 is 2.92 bits per heavy atom. The highest BCUT2D eigenvalue weighted by Crippen LogP contribution is 2.32. The molecule has 0 aliphatic rings. The number of carbonyl (C=O) groups is 1. The normalized spacial score (nSPS) is 11.4. The number of nitrogens with zero attached hydrogens (tertiary/aromatic N) is 1. The van der Waals surface area contributed by atoms with Crippen LogP contribution >= 0.6 is 23.1 Å². The summed E-state index contributed by atoms with van der Waals surface area (Å²) in [5.41, 5.74) is 5.04. The number of hydrogen-bond acceptors (Lipinski definition) is 5. The number of thioether (sulfide) groups is 1. The van der Waals surface area contributed by atoms with Crippen LogP contribution in [0.4, 0.5) is 0 Å². The minimum atomic E-state index is 0.0803. The molecular formula is C19H15NO2S2. The smallest absolute Gasteiger partial charge is 0.200 e. The summed E-state index contributed by atoms with van der Waals surface area (Å²) in [6.45, 7) is 4.10. The highest BCUT2D eigenvalue weighted by molar-refractivity contribution is 8.15. The summed E-state index contributed by atoms with van der Waals surface area (Å²) in [5.74, 6) is 0. The summed E-state index contributed by atoms with van der Waals surface area (Å²) in [6, 6.07) is 12.1. The number of carbonyl (C=O) groups excluding carboxylic acids is 1. The van der Waals surface area contributed by atoms with E-state index >= 15 is 0 Å². The zero-order chi connectivity index (χ0) is 16.7. The molecule has 2 heterocycles. The van der Waals surface area contributed by atoms with E-state index in [4.69, 9.17) is 4.42 Å². The summed E-state index contributed by atoms with van der Waals surface area (Å²) in [4.78, 5) is 17.0. The summed E-state index contributed by atoms with van der Waals surface area (Å²) < 4.78 is 7.53. The number of thiazole rings is 1. The van der Waals surface area contributed by atoms with E-state index in [-0.39, 0.29) is 5.12 Å². The number of fused-ring (bicyclic) bond motifs is 2. The first-order valence-electron chi connectivity index (χ1n) is 7.64. The molecule has 0 aliphatic carbocycles. The van der Waals surface area contributed by atoms with E-state index in [9.17, 15) is 4.79 Å². The third kappa shape index (κ3) is 2.85. The molecule has 3 nitrogen and oxygen atoms in total. The minimum absolute atomic E-state index is 0.0803. The van der Waals surface area contributed by atoms with Crippen LogP contribution in [0.3, 0.4) is 0 Å². The molecule has 0 bridgehead atoms. The number of para-hydroxylation sites is 1. The molecule has 5 heteroatoms. The first kappa shape index (κ1) is 15.4. The fraction of sp³-hybridized carbons (Fsp3) is 0.158. The number of benzene rings is 2. The molecule has 0 saturated heterocycles. The molecule has 0 radical (unpaired) electrons. The van der Waals surface area contributed by atoms with Gasteiger partial charge in [0.1, 0.15) is 5.58 Å². The Balaban J connectivity index is 1.58. The van der Waals surface area contributed by atoms with Crippen molar-refractivity contribution < 1.29 is 9.21 Å².